The monoisotopic (exact) mass is 175 g/mol. The van der Waals surface area contributed by atoms with E-state index in [2.05, 4.69) is 43.4 Å². The Morgan fingerprint density at radius 2 is 2.15 bits per heavy atom. The first-order valence-corrected chi connectivity index (χ1v) is 5.05. The van der Waals surface area contributed by atoms with Crippen LogP contribution in [0.1, 0.15) is 25.8 Å². The Balaban J connectivity index is 2.29. The molecule has 0 spiro atoms. The fourth-order valence-corrected chi connectivity index (χ4v) is 1.93. The fourth-order valence-electron chi connectivity index (χ4n) is 1.93. The number of anilines is 1. The number of rotatable bonds is 1. The van der Waals surface area contributed by atoms with Crippen molar-refractivity contribution in [1.82, 2.24) is 0 Å². The molecule has 0 fully saturated rings. The van der Waals surface area contributed by atoms with E-state index in [4.69, 9.17) is 0 Å². The molecule has 1 heterocycles. The van der Waals surface area contributed by atoms with E-state index in [1.807, 2.05) is 0 Å². The van der Waals surface area contributed by atoms with E-state index < -0.39 is 0 Å². The summed E-state index contributed by atoms with van der Waals surface area (Å²) in [7, 11) is 0. The summed E-state index contributed by atoms with van der Waals surface area (Å²) in [5, 5.41) is 3.50. The number of fused-ring (bicyclic) bond motifs is 1. The van der Waals surface area contributed by atoms with E-state index in [0.29, 0.717) is 5.41 Å². The van der Waals surface area contributed by atoms with E-state index in [1.54, 1.807) is 0 Å². The van der Waals surface area contributed by atoms with Gasteiger partial charge in [0.05, 0.1) is 0 Å². The Labute approximate surface area is 80.2 Å². The molecule has 0 bridgehead atoms. The standard InChI is InChI=1S/C12H17N/c1-3-12(2)8-10-6-4-5-7-11(10)13-9-12/h4-7,13H,3,8-9H2,1-2H3/t12-/m1/s1. The number of hydrogen-bond acceptors (Lipinski definition) is 1. The number of para-hydroxylation sites is 1. The zero-order chi connectivity index (χ0) is 9.31. The normalized spacial score (nSPS) is 26.3. The van der Waals surface area contributed by atoms with Gasteiger partial charge < -0.3 is 5.32 Å². The van der Waals surface area contributed by atoms with Gasteiger partial charge in [0.25, 0.3) is 0 Å². The molecule has 70 valence electrons. The van der Waals surface area contributed by atoms with Gasteiger partial charge >= 0.3 is 0 Å². The Hall–Kier alpha value is -0.980. The molecule has 13 heavy (non-hydrogen) atoms. The molecular formula is C12H17N. The van der Waals surface area contributed by atoms with Crippen LogP contribution in [0.15, 0.2) is 24.3 Å². The van der Waals surface area contributed by atoms with Gasteiger partial charge in [0.15, 0.2) is 0 Å². The first-order chi connectivity index (χ1) is 6.23. The van der Waals surface area contributed by atoms with Gasteiger partial charge in [-0.1, -0.05) is 32.0 Å². The molecule has 0 saturated heterocycles. The van der Waals surface area contributed by atoms with Crippen molar-refractivity contribution in [2.24, 2.45) is 5.41 Å². The van der Waals surface area contributed by atoms with Crippen molar-refractivity contribution < 1.29 is 0 Å². The van der Waals surface area contributed by atoms with E-state index in [9.17, 15) is 0 Å². The van der Waals surface area contributed by atoms with Gasteiger partial charge in [0.1, 0.15) is 0 Å². The first kappa shape index (κ1) is 8.61. The maximum Gasteiger partial charge on any atom is 0.0373 e. The summed E-state index contributed by atoms with van der Waals surface area (Å²) in [6.07, 6.45) is 2.46. The molecule has 2 rings (SSSR count). The lowest BCUT2D eigenvalue weighted by molar-refractivity contribution is 0.323. The van der Waals surface area contributed by atoms with Crippen LogP contribution in [0.5, 0.6) is 0 Å². The number of nitrogens with one attached hydrogen (secondary N) is 1. The largest absolute Gasteiger partial charge is 0.384 e. The lowest BCUT2D eigenvalue weighted by Crippen LogP contribution is -2.32. The summed E-state index contributed by atoms with van der Waals surface area (Å²) < 4.78 is 0. The van der Waals surface area contributed by atoms with Crippen LogP contribution in [-0.2, 0) is 6.42 Å². The highest BCUT2D eigenvalue weighted by atomic mass is 14.9. The minimum Gasteiger partial charge on any atom is -0.384 e. The highest BCUT2D eigenvalue weighted by Crippen LogP contribution is 2.34. The van der Waals surface area contributed by atoms with Gasteiger partial charge in [-0.15, -0.1) is 0 Å². The Morgan fingerprint density at radius 3 is 2.92 bits per heavy atom. The maximum atomic E-state index is 3.50. The lowest BCUT2D eigenvalue weighted by Gasteiger charge is -2.34. The van der Waals surface area contributed by atoms with Gasteiger partial charge in [0.2, 0.25) is 0 Å². The smallest absolute Gasteiger partial charge is 0.0373 e. The van der Waals surface area contributed by atoms with Crippen LogP contribution in [0, 0.1) is 5.41 Å². The predicted molar refractivity (Wildman–Crippen MR) is 57.0 cm³/mol. The van der Waals surface area contributed by atoms with E-state index in [0.717, 1.165) is 6.54 Å². The van der Waals surface area contributed by atoms with Crippen LogP contribution in [0.4, 0.5) is 5.69 Å². The third-order valence-corrected chi connectivity index (χ3v) is 3.19. The van der Waals surface area contributed by atoms with Crippen molar-refractivity contribution in [3.05, 3.63) is 29.8 Å². The predicted octanol–water partition coefficient (Wildman–Crippen LogP) is 3.07. The number of benzene rings is 1. The molecule has 1 aliphatic rings. The molecule has 1 atom stereocenters. The Morgan fingerprint density at radius 1 is 1.38 bits per heavy atom. The molecule has 0 amide bonds. The minimum absolute atomic E-state index is 0.453. The Bertz CT molecular complexity index is 306. The summed E-state index contributed by atoms with van der Waals surface area (Å²) in [4.78, 5) is 0. The summed E-state index contributed by atoms with van der Waals surface area (Å²) in [5.41, 5.74) is 3.25. The van der Waals surface area contributed by atoms with Gasteiger partial charge in [-0.25, -0.2) is 0 Å². The second-order valence-electron chi connectivity index (χ2n) is 4.35. The molecular weight excluding hydrogens is 158 g/mol. The zero-order valence-electron chi connectivity index (χ0n) is 8.43. The summed E-state index contributed by atoms with van der Waals surface area (Å²) >= 11 is 0. The van der Waals surface area contributed by atoms with Crippen LogP contribution in [0.2, 0.25) is 0 Å². The van der Waals surface area contributed by atoms with Gasteiger partial charge in [-0.3, -0.25) is 0 Å². The second-order valence-corrected chi connectivity index (χ2v) is 4.35. The van der Waals surface area contributed by atoms with E-state index in [1.165, 1.54) is 24.1 Å². The fraction of sp³-hybridized carbons (Fsp3) is 0.500. The molecule has 0 aromatic heterocycles. The third kappa shape index (κ3) is 1.55. The number of hydrogen-bond donors (Lipinski definition) is 1. The molecule has 0 saturated carbocycles. The molecule has 1 nitrogen and oxygen atoms in total. The van der Waals surface area contributed by atoms with Crippen molar-refractivity contribution in [3.63, 3.8) is 0 Å². The molecule has 1 aromatic carbocycles. The minimum atomic E-state index is 0.453. The second kappa shape index (κ2) is 3.06. The lowest BCUT2D eigenvalue weighted by atomic mass is 9.78. The van der Waals surface area contributed by atoms with Gasteiger partial charge in [0, 0.05) is 12.2 Å². The molecule has 0 unspecified atom stereocenters. The van der Waals surface area contributed by atoms with Crippen molar-refractivity contribution in [3.8, 4) is 0 Å². The van der Waals surface area contributed by atoms with Crippen LogP contribution < -0.4 is 5.32 Å². The average molecular weight is 175 g/mol. The first-order valence-electron chi connectivity index (χ1n) is 5.05. The van der Waals surface area contributed by atoms with E-state index in [-0.39, 0.29) is 0 Å². The van der Waals surface area contributed by atoms with Crippen LogP contribution in [0.3, 0.4) is 0 Å². The van der Waals surface area contributed by atoms with Crippen molar-refractivity contribution in [2.45, 2.75) is 26.7 Å². The summed E-state index contributed by atoms with van der Waals surface area (Å²) in [5.74, 6) is 0. The van der Waals surface area contributed by atoms with E-state index >= 15 is 0 Å². The average Bonchev–Trinajstić information content (AvgIpc) is 2.18. The van der Waals surface area contributed by atoms with Gasteiger partial charge in [-0.2, -0.15) is 0 Å². The highest BCUT2D eigenvalue weighted by Gasteiger charge is 2.27. The van der Waals surface area contributed by atoms with Gasteiger partial charge in [-0.05, 0) is 29.9 Å². The van der Waals surface area contributed by atoms with Crippen molar-refractivity contribution in [1.29, 1.82) is 0 Å². The summed E-state index contributed by atoms with van der Waals surface area (Å²) in [6.45, 7) is 5.74. The van der Waals surface area contributed by atoms with Crippen LogP contribution >= 0.6 is 0 Å². The topological polar surface area (TPSA) is 12.0 Å². The molecule has 0 aliphatic carbocycles. The third-order valence-electron chi connectivity index (χ3n) is 3.19. The summed E-state index contributed by atoms with van der Waals surface area (Å²) in [6, 6.07) is 8.63. The van der Waals surface area contributed by atoms with Crippen LogP contribution in [-0.4, -0.2) is 6.54 Å². The van der Waals surface area contributed by atoms with Crippen LogP contribution in [0.25, 0.3) is 0 Å². The SMILES string of the molecule is CC[C@@]1(C)CNc2ccccc2C1. The molecule has 0 radical (unpaired) electrons. The zero-order valence-corrected chi connectivity index (χ0v) is 8.43. The molecule has 1 aromatic rings. The van der Waals surface area contributed by atoms with Crippen molar-refractivity contribution >= 4 is 5.69 Å². The molecule has 1 heteroatoms. The molecule has 1 aliphatic heterocycles. The molecule has 1 N–H and O–H groups in total. The Kier molecular flexibility index (Phi) is 2.03. The highest BCUT2D eigenvalue weighted by molar-refractivity contribution is 5.53. The van der Waals surface area contributed by atoms with Crippen molar-refractivity contribution in [2.75, 3.05) is 11.9 Å². The maximum absolute atomic E-state index is 3.50. The quantitative estimate of drug-likeness (QED) is 0.691.